The molecular formula is C28H34N4O2. The van der Waals surface area contributed by atoms with E-state index < -0.39 is 0 Å². The van der Waals surface area contributed by atoms with Gasteiger partial charge in [-0.3, -0.25) is 19.4 Å². The molecule has 34 heavy (non-hydrogen) atoms. The van der Waals surface area contributed by atoms with Crippen molar-refractivity contribution in [2.45, 2.75) is 26.8 Å². The molecule has 1 atom stereocenters. The molecule has 0 radical (unpaired) electrons. The summed E-state index contributed by atoms with van der Waals surface area (Å²) in [6.45, 7) is 9.92. The summed E-state index contributed by atoms with van der Waals surface area (Å²) in [6.07, 6.45) is 0. The van der Waals surface area contributed by atoms with Crippen LogP contribution in [0.25, 0.3) is 10.8 Å². The monoisotopic (exact) mass is 458 g/mol. The predicted octanol–water partition coefficient (Wildman–Crippen LogP) is 3.89. The Balaban J connectivity index is 1.23. The van der Waals surface area contributed by atoms with E-state index in [1.807, 2.05) is 57.2 Å². The first kappa shape index (κ1) is 23.9. The Morgan fingerprint density at radius 1 is 0.824 bits per heavy atom. The number of carbonyl (C=O) groups is 2. The number of rotatable bonds is 7. The van der Waals surface area contributed by atoms with Crippen molar-refractivity contribution in [2.24, 2.45) is 0 Å². The molecule has 178 valence electrons. The third-order valence-corrected chi connectivity index (χ3v) is 6.75. The molecule has 0 aromatic heterocycles. The standard InChI is InChI=1S/C28H34N4O2/c1-20-8-6-13-26(21(20)2)30-28(34)19-32-16-14-31(15-17-32)18-27(33)29-22(3)24-12-7-10-23-9-4-5-11-25(23)24/h4-13,22H,14-19H2,1-3H3,(H,29,33)(H,30,34)/t22-/m1/s1. The van der Waals surface area contributed by atoms with Gasteiger partial charge in [0.15, 0.2) is 0 Å². The topological polar surface area (TPSA) is 64.7 Å². The van der Waals surface area contributed by atoms with Gasteiger partial charge in [0.05, 0.1) is 19.1 Å². The molecule has 2 amide bonds. The van der Waals surface area contributed by atoms with Gasteiger partial charge in [0.25, 0.3) is 0 Å². The molecule has 6 heteroatoms. The number of hydrogen-bond acceptors (Lipinski definition) is 4. The number of amides is 2. The Kier molecular flexibility index (Phi) is 7.60. The Hall–Kier alpha value is -3.22. The summed E-state index contributed by atoms with van der Waals surface area (Å²) >= 11 is 0. The molecule has 2 N–H and O–H groups in total. The van der Waals surface area contributed by atoms with Crippen LogP contribution in [0.5, 0.6) is 0 Å². The molecular weight excluding hydrogens is 424 g/mol. The summed E-state index contributed by atoms with van der Waals surface area (Å²) in [5.74, 6) is 0.0327. The third-order valence-electron chi connectivity index (χ3n) is 6.75. The number of carbonyl (C=O) groups excluding carboxylic acids is 2. The van der Waals surface area contributed by atoms with Gasteiger partial charge in [0, 0.05) is 31.9 Å². The van der Waals surface area contributed by atoms with Crippen molar-refractivity contribution in [1.82, 2.24) is 15.1 Å². The van der Waals surface area contributed by atoms with E-state index in [2.05, 4.69) is 44.7 Å². The summed E-state index contributed by atoms with van der Waals surface area (Å²) in [4.78, 5) is 29.5. The lowest BCUT2D eigenvalue weighted by Gasteiger charge is -2.34. The van der Waals surface area contributed by atoms with Gasteiger partial charge in [-0.05, 0) is 54.3 Å². The Bertz CT molecular complexity index is 1160. The van der Waals surface area contributed by atoms with E-state index >= 15 is 0 Å². The van der Waals surface area contributed by atoms with Crippen molar-refractivity contribution in [3.63, 3.8) is 0 Å². The van der Waals surface area contributed by atoms with Gasteiger partial charge in [-0.2, -0.15) is 0 Å². The van der Waals surface area contributed by atoms with Crippen LogP contribution in [0.15, 0.2) is 60.7 Å². The van der Waals surface area contributed by atoms with Crippen LogP contribution in [0, 0.1) is 13.8 Å². The van der Waals surface area contributed by atoms with Gasteiger partial charge in [-0.1, -0.05) is 54.6 Å². The smallest absolute Gasteiger partial charge is 0.238 e. The van der Waals surface area contributed by atoms with Crippen molar-refractivity contribution < 1.29 is 9.59 Å². The van der Waals surface area contributed by atoms with Crippen LogP contribution in [0.3, 0.4) is 0 Å². The first-order valence-corrected chi connectivity index (χ1v) is 12.0. The summed E-state index contributed by atoms with van der Waals surface area (Å²) in [5.41, 5.74) is 4.27. The van der Waals surface area contributed by atoms with Crippen molar-refractivity contribution in [1.29, 1.82) is 0 Å². The zero-order chi connectivity index (χ0) is 24.1. The molecule has 6 nitrogen and oxygen atoms in total. The summed E-state index contributed by atoms with van der Waals surface area (Å²) in [5, 5.41) is 8.54. The lowest BCUT2D eigenvalue weighted by Crippen LogP contribution is -2.51. The number of piperazine rings is 1. The number of nitrogens with one attached hydrogen (secondary N) is 2. The van der Waals surface area contributed by atoms with Gasteiger partial charge in [0.2, 0.25) is 11.8 Å². The molecule has 1 saturated heterocycles. The quantitative estimate of drug-likeness (QED) is 0.564. The van der Waals surface area contributed by atoms with Gasteiger partial charge in [-0.15, -0.1) is 0 Å². The Morgan fingerprint density at radius 3 is 2.18 bits per heavy atom. The van der Waals surface area contributed by atoms with Crippen LogP contribution in [0.1, 0.15) is 29.7 Å². The number of benzene rings is 3. The van der Waals surface area contributed by atoms with E-state index in [1.165, 1.54) is 16.3 Å². The highest BCUT2D eigenvalue weighted by Gasteiger charge is 2.22. The maximum Gasteiger partial charge on any atom is 0.238 e. The van der Waals surface area contributed by atoms with E-state index in [9.17, 15) is 9.59 Å². The van der Waals surface area contributed by atoms with Gasteiger partial charge >= 0.3 is 0 Å². The summed E-state index contributed by atoms with van der Waals surface area (Å²) in [6, 6.07) is 20.3. The van der Waals surface area contributed by atoms with Gasteiger partial charge in [-0.25, -0.2) is 0 Å². The molecule has 0 aliphatic carbocycles. The third kappa shape index (κ3) is 5.82. The predicted molar refractivity (Wildman–Crippen MR) is 138 cm³/mol. The van der Waals surface area contributed by atoms with Crippen LogP contribution in [0.4, 0.5) is 5.69 Å². The van der Waals surface area contributed by atoms with E-state index in [0.717, 1.165) is 43.0 Å². The van der Waals surface area contributed by atoms with E-state index in [1.54, 1.807) is 0 Å². The molecule has 0 unspecified atom stereocenters. The molecule has 1 aliphatic rings. The highest BCUT2D eigenvalue weighted by atomic mass is 16.2. The number of aryl methyl sites for hydroxylation is 1. The van der Waals surface area contributed by atoms with Crippen LogP contribution in [0.2, 0.25) is 0 Å². The van der Waals surface area contributed by atoms with Crippen LogP contribution in [-0.4, -0.2) is 60.9 Å². The number of fused-ring (bicyclic) bond motifs is 1. The maximum absolute atomic E-state index is 12.7. The highest BCUT2D eigenvalue weighted by molar-refractivity contribution is 5.93. The number of nitrogens with zero attached hydrogens (tertiary/aromatic N) is 2. The molecule has 3 aromatic rings. The summed E-state index contributed by atoms with van der Waals surface area (Å²) < 4.78 is 0. The second-order valence-electron chi connectivity index (χ2n) is 9.21. The lowest BCUT2D eigenvalue weighted by molar-refractivity contribution is -0.124. The number of hydrogen-bond donors (Lipinski definition) is 2. The van der Waals surface area contributed by atoms with Crippen LogP contribution >= 0.6 is 0 Å². The minimum absolute atomic E-state index is 0.00352. The molecule has 0 spiro atoms. The molecule has 1 fully saturated rings. The molecule has 4 rings (SSSR count). The zero-order valence-corrected chi connectivity index (χ0v) is 20.3. The molecule has 1 heterocycles. The molecule has 0 saturated carbocycles. The highest BCUT2D eigenvalue weighted by Crippen LogP contribution is 2.24. The fourth-order valence-corrected chi connectivity index (χ4v) is 4.58. The maximum atomic E-state index is 12.7. The van der Waals surface area contributed by atoms with Crippen molar-refractivity contribution in [3.05, 3.63) is 77.4 Å². The fraction of sp³-hybridized carbons (Fsp3) is 0.357. The lowest BCUT2D eigenvalue weighted by atomic mass is 10.00. The van der Waals surface area contributed by atoms with E-state index in [4.69, 9.17) is 0 Å². The van der Waals surface area contributed by atoms with Crippen LogP contribution in [-0.2, 0) is 9.59 Å². The van der Waals surface area contributed by atoms with E-state index in [0.29, 0.717) is 13.1 Å². The fourth-order valence-electron chi connectivity index (χ4n) is 4.58. The Labute approximate surface area is 201 Å². The SMILES string of the molecule is Cc1cccc(NC(=O)CN2CCN(CC(=O)N[C@H](C)c3cccc4ccccc34)CC2)c1C. The average Bonchev–Trinajstić information content (AvgIpc) is 2.83. The van der Waals surface area contributed by atoms with Crippen molar-refractivity contribution >= 4 is 28.3 Å². The minimum Gasteiger partial charge on any atom is -0.348 e. The average molecular weight is 459 g/mol. The van der Waals surface area contributed by atoms with Gasteiger partial charge in [0.1, 0.15) is 0 Å². The van der Waals surface area contributed by atoms with Gasteiger partial charge < -0.3 is 10.6 Å². The minimum atomic E-state index is -0.0614. The Morgan fingerprint density at radius 2 is 1.44 bits per heavy atom. The summed E-state index contributed by atoms with van der Waals surface area (Å²) in [7, 11) is 0. The first-order chi connectivity index (χ1) is 16.4. The van der Waals surface area contributed by atoms with Crippen molar-refractivity contribution in [2.75, 3.05) is 44.6 Å². The zero-order valence-electron chi connectivity index (χ0n) is 20.3. The second kappa shape index (κ2) is 10.8. The second-order valence-corrected chi connectivity index (χ2v) is 9.21. The molecule has 1 aliphatic heterocycles. The van der Waals surface area contributed by atoms with Crippen LogP contribution < -0.4 is 10.6 Å². The number of anilines is 1. The van der Waals surface area contributed by atoms with E-state index in [-0.39, 0.29) is 17.9 Å². The first-order valence-electron chi connectivity index (χ1n) is 12.0. The largest absolute Gasteiger partial charge is 0.348 e. The normalized spacial score (nSPS) is 15.7. The molecule has 3 aromatic carbocycles. The van der Waals surface area contributed by atoms with Crippen molar-refractivity contribution in [3.8, 4) is 0 Å². The molecule has 0 bridgehead atoms.